The molecule has 0 aromatic rings. The molecule has 1 saturated carbocycles. The number of hydrogen-bond donors (Lipinski definition) is 0. The van der Waals surface area contributed by atoms with Gasteiger partial charge in [-0.3, -0.25) is 0 Å². The van der Waals surface area contributed by atoms with Crippen LogP contribution in [-0.2, 0) is 0 Å². The van der Waals surface area contributed by atoms with Crippen molar-refractivity contribution in [1.29, 1.82) is 0 Å². The molecule has 1 aliphatic carbocycles. The van der Waals surface area contributed by atoms with E-state index in [-0.39, 0.29) is 3.55 Å². The van der Waals surface area contributed by atoms with Crippen molar-refractivity contribution in [3.05, 3.63) is 0 Å². The van der Waals surface area contributed by atoms with Gasteiger partial charge < -0.3 is 0 Å². The van der Waals surface area contributed by atoms with E-state index in [1.54, 1.807) is 0 Å². The van der Waals surface area contributed by atoms with E-state index in [1.807, 2.05) is 0 Å². The Morgan fingerprint density at radius 3 is 2.18 bits per heavy atom. The van der Waals surface area contributed by atoms with Crippen molar-refractivity contribution in [2.45, 2.75) is 62.3 Å². The van der Waals surface area contributed by atoms with Gasteiger partial charge in [0, 0.05) is 0 Å². The number of aliphatic imine (C=N–C) groups is 1. The SMILES string of the molecule is CCCN(CCC)C([Se])=NC1(I)CCCCC1. The van der Waals surface area contributed by atoms with Crippen LogP contribution in [0, 0.1) is 0 Å². The molecule has 0 bridgehead atoms. The molecule has 1 rings (SSSR count). The third-order valence-electron chi connectivity index (χ3n) is 3.17. The minimum atomic E-state index is 0.163. The summed E-state index contributed by atoms with van der Waals surface area (Å²) in [6.07, 6.45) is 8.92. The van der Waals surface area contributed by atoms with Gasteiger partial charge in [0.25, 0.3) is 0 Å². The normalized spacial score (nSPS) is 20.3. The van der Waals surface area contributed by atoms with Gasteiger partial charge in [-0.1, -0.05) is 0 Å². The first-order valence-electron chi connectivity index (χ1n) is 6.82. The fraction of sp³-hybridized carbons (Fsp3) is 0.923. The summed E-state index contributed by atoms with van der Waals surface area (Å²) in [7, 11) is 0. The van der Waals surface area contributed by atoms with E-state index in [9.17, 15) is 0 Å². The maximum atomic E-state index is 4.98. The molecule has 0 N–H and O–H groups in total. The number of halogens is 1. The Balaban J connectivity index is 2.66. The molecule has 0 spiro atoms. The minimum absolute atomic E-state index is 0.163. The molecular formula is C13H24IN2Se. The molecule has 0 aromatic heterocycles. The second-order valence-corrected chi connectivity index (χ2v) is 7.63. The molecule has 0 atom stereocenters. The van der Waals surface area contributed by atoms with Crippen molar-refractivity contribution in [2.24, 2.45) is 4.99 Å². The summed E-state index contributed by atoms with van der Waals surface area (Å²) in [6, 6.07) is 0. The van der Waals surface area contributed by atoms with E-state index in [1.165, 1.54) is 44.9 Å². The summed E-state index contributed by atoms with van der Waals surface area (Å²) in [6.45, 7) is 6.70. The molecule has 17 heavy (non-hydrogen) atoms. The third-order valence-corrected chi connectivity index (χ3v) is 5.23. The number of nitrogens with zero attached hydrogens (tertiary/aromatic N) is 2. The Bertz CT molecular complexity index is 244. The third kappa shape index (κ3) is 5.48. The van der Waals surface area contributed by atoms with Gasteiger partial charge in [-0.2, -0.15) is 0 Å². The zero-order valence-corrected chi connectivity index (χ0v) is 14.9. The molecule has 1 fully saturated rings. The molecule has 1 radical (unpaired) electrons. The second kappa shape index (κ2) is 8.00. The summed E-state index contributed by atoms with van der Waals surface area (Å²) in [4.78, 5) is 7.38. The summed E-state index contributed by atoms with van der Waals surface area (Å²) >= 11 is 5.75. The van der Waals surface area contributed by atoms with Crippen LogP contribution in [0.1, 0.15) is 58.8 Å². The van der Waals surface area contributed by atoms with E-state index in [2.05, 4.69) is 57.4 Å². The summed E-state index contributed by atoms with van der Waals surface area (Å²) in [5.74, 6) is 0. The van der Waals surface area contributed by atoms with Crippen molar-refractivity contribution in [3.8, 4) is 0 Å². The van der Waals surface area contributed by atoms with Gasteiger partial charge in [0.15, 0.2) is 0 Å². The Morgan fingerprint density at radius 2 is 1.71 bits per heavy atom. The van der Waals surface area contributed by atoms with Gasteiger partial charge in [-0.15, -0.1) is 0 Å². The molecule has 4 heteroatoms. The second-order valence-electron chi connectivity index (χ2n) is 4.86. The van der Waals surface area contributed by atoms with Gasteiger partial charge in [-0.25, -0.2) is 0 Å². The van der Waals surface area contributed by atoms with Crippen molar-refractivity contribution in [1.82, 2.24) is 4.90 Å². The van der Waals surface area contributed by atoms with Crippen LogP contribution in [0.15, 0.2) is 4.99 Å². The first-order valence-corrected chi connectivity index (χ1v) is 8.75. The molecule has 0 heterocycles. The zero-order chi connectivity index (χ0) is 12.7. The van der Waals surface area contributed by atoms with E-state index in [0.717, 1.165) is 17.8 Å². The van der Waals surface area contributed by atoms with Crippen LogP contribution in [0.25, 0.3) is 0 Å². The monoisotopic (exact) mass is 415 g/mol. The average Bonchev–Trinajstić information content (AvgIpc) is 2.29. The predicted molar refractivity (Wildman–Crippen MR) is 85.2 cm³/mol. The fourth-order valence-electron chi connectivity index (χ4n) is 2.29. The number of alkyl halides is 1. The van der Waals surface area contributed by atoms with E-state index < -0.39 is 0 Å². The number of hydrogen-bond acceptors (Lipinski definition) is 1. The van der Waals surface area contributed by atoms with Crippen LogP contribution in [0.3, 0.4) is 0 Å². The number of rotatable bonds is 5. The van der Waals surface area contributed by atoms with Crippen LogP contribution in [-0.4, -0.2) is 42.3 Å². The van der Waals surface area contributed by atoms with Crippen LogP contribution < -0.4 is 0 Å². The van der Waals surface area contributed by atoms with Gasteiger partial charge in [-0.05, 0) is 0 Å². The molecule has 99 valence electrons. The molecule has 2 nitrogen and oxygen atoms in total. The van der Waals surface area contributed by atoms with Gasteiger partial charge in [0.05, 0.1) is 0 Å². The maximum absolute atomic E-state index is 4.98. The predicted octanol–water partition coefficient (Wildman–Crippen LogP) is 3.73. The average molecular weight is 414 g/mol. The summed E-state index contributed by atoms with van der Waals surface area (Å²) in [5, 5.41) is 0. The first kappa shape index (κ1) is 15.8. The number of amidine groups is 1. The fourth-order valence-corrected chi connectivity index (χ4v) is 4.40. The van der Waals surface area contributed by atoms with E-state index >= 15 is 0 Å². The molecule has 0 amide bonds. The Hall–Kier alpha value is 0.719. The molecule has 0 aromatic carbocycles. The zero-order valence-electron chi connectivity index (χ0n) is 11.0. The topological polar surface area (TPSA) is 15.6 Å². The van der Waals surface area contributed by atoms with Crippen LogP contribution in [0.4, 0.5) is 0 Å². The van der Waals surface area contributed by atoms with Crippen molar-refractivity contribution in [3.63, 3.8) is 0 Å². The Kier molecular flexibility index (Phi) is 7.43. The molecule has 0 unspecified atom stereocenters. The van der Waals surface area contributed by atoms with Crippen LogP contribution in [0.2, 0.25) is 0 Å². The quantitative estimate of drug-likeness (QED) is 0.167. The van der Waals surface area contributed by atoms with Gasteiger partial charge in [0.1, 0.15) is 0 Å². The first-order chi connectivity index (χ1) is 8.11. The standard InChI is InChI=1S/C13H24IN2Se/c1-3-10-16(11-4-2)12(17)15-13(14)8-6-5-7-9-13/h3-11H2,1-2H3. The van der Waals surface area contributed by atoms with Crippen molar-refractivity contribution < 1.29 is 0 Å². The van der Waals surface area contributed by atoms with Crippen molar-refractivity contribution in [2.75, 3.05) is 13.1 Å². The van der Waals surface area contributed by atoms with Crippen molar-refractivity contribution >= 4 is 43.3 Å². The molecule has 1 aliphatic rings. The van der Waals surface area contributed by atoms with E-state index in [4.69, 9.17) is 4.99 Å². The van der Waals surface area contributed by atoms with Crippen LogP contribution in [0.5, 0.6) is 0 Å². The Labute approximate surface area is 128 Å². The summed E-state index contributed by atoms with van der Waals surface area (Å²) < 4.78 is 1.29. The Morgan fingerprint density at radius 1 is 1.18 bits per heavy atom. The van der Waals surface area contributed by atoms with Crippen LogP contribution >= 0.6 is 22.6 Å². The molecule has 0 saturated heterocycles. The van der Waals surface area contributed by atoms with Gasteiger partial charge >= 0.3 is 129 Å². The molecule has 0 aliphatic heterocycles. The van der Waals surface area contributed by atoms with Gasteiger partial charge in [0.2, 0.25) is 0 Å². The molecular weight excluding hydrogens is 390 g/mol. The summed E-state index contributed by atoms with van der Waals surface area (Å²) in [5.41, 5.74) is 0. The van der Waals surface area contributed by atoms with E-state index in [0.29, 0.717) is 0 Å².